The summed E-state index contributed by atoms with van der Waals surface area (Å²) in [6.45, 7) is 0.226. The maximum absolute atomic E-state index is 13.7. The Morgan fingerprint density at radius 2 is 1.97 bits per heavy atom. The average molecular weight is 448 g/mol. The second-order valence-electron chi connectivity index (χ2n) is 7.17. The van der Waals surface area contributed by atoms with Crippen molar-refractivity contribution in [3.8, 4) is 11.4 Å². The maximum atomic E-state index is 13.7. The van der Waals surface area contributed by atoms with Gasteiger partial charge in [0.1, 0.15) is 17.8 Å². The Kier molecular flexibility index (Phi) is 6.03. The van der Waals surface area contributed by atoms with Crippen LogP contribution in [0, 0.1) is 0 Å². The highest BCUT2D eigenvalue weighted by molar-refractivity contribution is 7.89. The summed E-state index contributed by atoms with van der Waals surface area (Å²) in [5.74, 6) is 0.368. The predicted molar refractivity (Wildman–Crippen MR) is 112 cm³/mol. The number of rotatable bonds is 7. The van der Waals surface area contributed by atoms with Crippen molar-refractivity contribution in [1.29, 1.82) is 0 Å². The van der Waals surface area contributed by atoms with E-state index in [0.717, 1.165) is 31.2 Å². The van der Waals surface area contributed by atoms with E-state index in [1.807, 2.05) is 18.2 Å². The highest BCUT2D eigenvalue weighted by Crippen LogP contribution is 2.33. The fraction of sp³-hybridized carbons (Fsp3) is 0.350. The van der Waals surface area contributed by atoms with Gasteiger partial charge >= 0.3 is 0 Å². The molecule has 0 spiro atoms. The summed E-state index contributed by atoms with van der Waals surface area (Å²) in [6, 6.07) is 12.0. The first-order chi connectivity index (χ1) is 14.5. The van der Waals surface area contributed by atoms with Crippen molar-refractivity contribution < 1.29 is 13.2 Å². The van der Waals surface area contributed by atoms with E-state index >= 15 is 0 Å². The highest BCUT2D eigenvalue weighted by atomic mass is 35.5. The number of ether oxygens (including phenoxy) is 1. The van der Waals surface area contributed by atoms with Crippen LogP contribution in [0.1, 0.15) is 31.2 Å². The predicted octanol–water partition coefficient (Wildman–Crippen LogP) is 3.46. The highest BCUT2D eigenvalue weighted by Gasteiger charge is 2.34. The lowest BCUT2D eigenvalue weighted by Gasteiger charge is -2.28. The average Bonchev–Trinajstić information content (AvgIpc) is 3.47. The first kappa shape index (κ1) is 20.8. The molecule has 0 atom stereocenters. The Bertz CT molecular complexity index is 1120. The number of halogens is 1. The molecule has 2 aromatic carbocycles. The van der Waals surface area contributed by atoms with E-state index in [1.54, 1.807) is 22.5 Å². The number of sulfonamides is 1. The van der Waals surface area contributed by atoms with Crippen LogP contribution in [0.2, 0.25) is 5.02 Å². The van der Waals surface area contributed by atoms with Gasteiger partial charge in [0, 0.05) is 23.7 Å². The summed E-state index contributed by atoms with van der Waals surface area (Å²) < 4.78 is 35.8. The Balaban J connectivity index is 1.73. The number of methoxy groups -OCH3 is 1. The number of hydrogen-bond donors (Lipinski definition) is 0. The van der Waals surface area contributed by atoms with Crippen molar-refractivity contribution in [2.24, 2.45) is 0 Å². The van der Waals surface area contributed by atoms with Gasteiger partial charge in [0.05, 0.1) is 12.0 Å². The molecule has 0 saturated heterocycles. The van der Waals surface area contributed by atoms with Crippen LogP contribution >= 0.6 is 11.6 Å². The van der Waals surface area contributed by atoms with Gasteiger partial charge in [-0.05, 0) is 47.0 Å². The molecule has 0 radical (unpaired) electrons. The molecule has 0 bridgehead atoms. The SMILES string of the molecule is COc1cc(S(=O)(=O)N(Cc2ccccc2Cl)C2CCCC2)ccc1-n1cnnn1. The maximum Gasteiger partial charge on any atom is 0.243 e. The second-order valence-corrected chi connectivity index (χ2v) is 9.47. The zero-order valence-corrected chi connectivity index (χ0v) is 18.1. The molecule has 1 heterocycles. The molecule has 0 aliphatic heterocycles. The Labute approximate surface area is 180 Å². The number of aromatic nitrogens is 4. The third kappa shape index (κ3) is 4.05. The number of tetrazole rings is 1. The standard InChI is InChI=1S/C20H22ClN5O3S/c1-29-20-12-17(10-11-19(20)25-14-22-23-24-25)30(27,28)26(16-7-3-4-8-16)13-15-6-2-5-9-18(15)21/h2,5-6,9-12,14,16H,3-4,7-8,13H2,1H3. The minimum Gasteiger partial charge on any atom is -0.494 e. The van der Waals surface area contributed by atoms with Gasteiger partial charge < -0.3 is 4.74 Å². The third-order valence-electron chi connectivity index (χ3n) is 5.37. The van der Waals surface area contributed by atoms with E-state index < -0.39 is 10.0 Å². The van der Waals surface area contributed by atoms with Crippen LogP contribution in [-0.4, -0.2) is 46.1 Å². The van der Waals surface area contributed by atoms with Crippen molar-refractivity contribution >= 4 is 21.6 Å². The van der Waals surface area contributed by atoms with E-state index in [9.17, 15) is 8.42 Å². The summed E-state index contributed by atoms with van der Waals surface area (Å²) in [4.78, 5) is 0.162. The lowest BCUT2D eigenvalue weighted by Crippen LogP contribution is -2.38. The van der Waals surface area contributed by atoms with E-state index in [0.29, 0.717) is 16.5 Å². The summed E-state index contributed by atoms with van der Waals surface area (Å²) >= 11 is 6.33. The van der Waals surface area contributed by atoms with Gasteiger partial charge in [0.25, 0.3) is 0 Å². The molecule has 1 aromatic heterocycles. The van der Waals surface area contributed by atoms with Crippen LogP contribution in [0.4, 0.5) is 0 Å². The van der Waals surface area contributed by atoms with Crippen molar-refractivity contribution in [2.75, 3.05) is 7.11 Å². The van der Waals surface area contributed by atoms with E-state index in [-0.39, 0.29) is 17.5 Å². The molecular formula is C20H22ClN5O3S. The number of nitrogens with zero attached hydrogens (tertiary/aromatic N) is 5. The first-order valence-electron chi connectivity index (χ1n) is 9.67. The minimum atomic E-state index is -3.78. The zero-order valence-electron chi connectivity index (χ0n) is 16.5. The van der Waals surface area contributed by atoms with Crippen LogP contribution in [0.15, 0.2) is 53.7 Å². The fourth-order valence-corrected chi connectivity index (χ4v) is 5.69. The molecule has 4 rings (SSSR count). The van der Waals surface area contributed by atoms with Gasteiger partial charge in [-0.2, -0.15) is 8.99 Å². The molecule has 0 unspecified atom stereocenters. The van der Waals surface area contributed by atoms with E-state index in [2.05, 4.69) is 15.5 Å². The summed E-state index contributed by atoms with van der Waals surface area (Å²) in [5.41, 5.74) is 1.34. The molecule has 30 heavy (non-hydrogen) atoms. The summed E-state index contributed by atoms with van der Waals surface area (Å²) in [7, 11) is -2.30. The molecule has 1 aliphatic carbocycles. The third-order valence-corrected chi connectivity index (χ3v) is 7.63. The molecule has 1 fully saturated rings. The summed E-state index contributed by atoms with van der Waals surface area (Å²) in [5, 5.41) is 11.6. The molecule has 8 nitrogen and oxygen atoms in total. The van der Waals surface area contributed by atoms with Gasteiger partial charge in [0.15, 0.2) is 0 Å². The molecule has 0 N–H and O–H groups in total. The van der Waals surface area contributed by atoms with Crippen LogP contribution < -0.4 is 4.74 Å². The number of benzene rings is 2. The van der Waals surface area contributed by atoms with Crippen molar-refractivity contribution in [2.45, 2.75) is 43.2 Å². The van der Waals surface area contributed by atoms with Crippen LogP contribution in [0.25, 0.3) is 5.69 Å². The van der Waals surface area contributed by atoms with Gasteiger partial charge in [-0.25, -0.2) is 8.42 Å². The Hall–Kier alpha value is -2.49. The largest absolute Gasteiger partial charge is 0.494 e. The summed E-state index contributed by atoms with van der Waals surface area (Å²) in [6.07, 6.45) is 5.13. The number of hydrogen-bond acceptors (Lipinski definition) is 6. The van der Waals surface area contributed by atoms with Gasteiger partial charge in [-0.3, -0.25) is 0 Å². The topological polar surface area (TPSA) is 90.2 Å². The van der Waals surface area contributed by atoms with Gasteiger partial charge in [-0.15, -0.1) is 5.10 Å². The molecule has 0 amide bonds. The molecule has 158 valence electrons. The lowest BCUT2D eigenvalue weighted by atomic mass is 10.2. The van der Waals surface area contributed by atoms with Crippen molar-refractivity contribution in [1.82, 2.24) is 24.5 Å². The second kappa shape index (κ2) is 8.71. The van der Waals surface area contributed by atoms with Gasteiger partial charge in [-0.1, -0.05) is 42.6 Å². The Morgan fingerprint density at radius 3 is 2.63 bits per heavy atom. The Morgan fingerprint density at radius 1 is 1.20 bits per heavy atom. The van der Waals surface area contributed by atoms with Crippen LogP contribution in [0.3, 0.4) is 0 Å². The first-order valence-corrected chi connectivity index (χ1v) is 11.5. The molecule has 1 saturated carbocycles. The van der Waals surface area contributed by atoms with Crippen LogP contribution in [-0.2, 0) is 16.6 Å². The van der Waals surface area contributed by atoms with Gasteiger partial charge in [0.2, 0.25) is 10.0 Å². The lowest BCUT2D eigenvalue weighted by molar-refractivity contribution is 0.316. The fourth-order valence-electron chi connectivity index (χ4n) is 3.81. The van der Waals surface area contributed by atoms with Crippen molar-refractivity contribution in [3.05, 3.63) is 59.4 Å². The molecule has 10 heteroatoms. The smallest absolute Gasteiger partial charge is 0.243 e. The van der Waals surface area contributed by atoms with E-state index in [1.165, 1.54) is 24.2 Å². The minimum absolute atomic E-state index is 0.0588. The molecule has 3 aromatic rings. The van der Waals surface area contributed by atoms with E-state index in [4.69, 9.17) is 16.3 Å². The molecular weight excluding hydrogens is 426 g/mol. The van der Waals surface area contributed by atoms with Crippen molar-refractivity contribution in [3.63, 3.8) is 0 Å². The quantitative estimate of drug-likeness (QED) is 0.551. The van der Waals surface area contributed by atoms with Crippen LogP contribution in [0.5, 0.6) is 5.75 Å². The molecule has 1 aliphatic rings. The monoisotopic (exact) mass is 447 g/mol. The zero-order chi connectivity index (χ0) is 21.1. The normalized spacial score (nSPS) is 15.0.